The molecule has 2 N–H and O–H groups in total. The minimum atomic E-state index is 0.0444. The Morgan fingerprint density at radius 2 is 1.88 bits per heavy atom. The van der Waals surface area contributed by atoms with E-state index in [1.807, 2.05) is 11.3 Å². The van der Waals surface area contributed by atoms with E-state index in [-0.39, 0.29) is 6.03 Å². The van der Waals surface area contributed by atoms with Crippen LogP contribution in [0.4, 0.5) is 4.79 Å². The smallest absolute Gasteiger partial charge is 0.315 e. The van der Waals surface area contributed by atoms with E-state index in [9.17, 15) is 4.79 Å². The predicted molar refractivity (Wildman–Crippen MR) is 100 cm³/mol. The molecule has 0 atom stereocenters. The summed E-state index contributed by atoms with van der Waals surface area (Å²) in [4.78, 5) is 16.1. The summed E-state index contributed by atoms with van der Waals surface area (Å²) in [6, 6.07) is 4.78. The fraction of sp³-hybridized carbons (Fsp3) is 0.737. The molecule has 1 aliphatic carbocycles. The molecule has 134 valence electrons. The number of piperidine rings is 1. The number of urea groups is 1. The van der Waals surface area contributed by atoms with Crippen LogP contribution in [-0.4, -0.2) is 36.6 Å². The second kappa shape index (κ2) is 9.42. The maximum absolute atomic E-state index is 12.1. The first kappa shape index (κ1) is 17.7. The van der Waals surface area contributed by atoms with Crippen molar-refractivity contribution in [2.75, 3.05) is 19.6 Å². The molecule has 1 aliphatic heterocycles. The minimum Gasteiger partial charge on any atom is -0.338 e. The van der Waals surface area contributed by atoms with Crippen molar-refractivity contribution in [1.29, 1.82) is 0 Å². The summed E-state index contributed by atoms with van der Waals surface area (Å²) in [5, 5.41) is 8.44. The van der Waals surface area contributed by atoms with E-state index in [4.69, 9.17) is 0 Å². The van der Waals surface area contributed by atoms with Gasteiger partial charge in [0.25, 0.3) is 0 Å². The van der Waals surface area contributed by atoms with Crippen molar-refractivity contribution in [1.82, 2.24) is 15.5 Å². The Morgan fingerprint density at radius 3 is 2.54 bits per heavy atom. The maximum atomic E-state index is 12.1. The number of nitrogens with zero attached hydrogens (tertiary/aromatic N) is 1. The van der Waals surface area contributed by atoms with Crippen molar-refractivity contribution in [3.05, 3.63) is 22.4 Å². The lowest BCUT2D eigenvalue weighted by Crippen LogP contribution is -2.45. The molecule has 4 nitrogen and oxygen atoms in total. The summed E-state index contributed by atoms with van der Waals surface area (Å²) in [5.41, 5.74) is 0. The topological polar surface area (TPSA) is 44.4 Å². The SMILES string of the molecule is O=C(NCC1CCN(Cc2cccs2)CC1)NC1CCCCCC1. The van der Waals surface area contributed by atoms with E-state index in [1.54, 1.807) is 0 Å². The van der Waals surface area contributed by atoms with Crippen LogP contribution >= 0.6 is 11.3 Å². The lowest BCUT2D eigenvalue weighted by atomic mass is 9.97. The van der Waals surface area contributed by atoms with Crippen molar-refractivity contribution in [2.45, 2.75) is 64.0 Å². The van der Waals surface area contributed by atoms with Crippen LogP contribution in [-0.2, 0) is 6.54 Å². The summed E-state index contributed by atoms with van der Waals surface area (Å²) in [5.74, 6) is 0.629. The van der Waals surface area contributed by atoms with Gasteiger partial charge in [0.15, 0.2) is 0 Å². The van der Waals surface area contributed by atoms with Crippen LogP contribution in [0.25, 0.3) is 0 Å². The minimum absolute atomic E-state index is 0.0444. The highest BCUT2D eigenvalue weighted by atomic mass is 32.1. The number of hydrogen-bond acceptors (Lipinski definition) is 3. The third-order valence-corrected chi connectivity index (χ3v) is 6.27. The number of carbonyl (C=O) groups is 1. The molecular weight excluding hydrogens is 318 g/mol. The third-order valence-electron chi connectivity index (χ3n) is 5.41. The Labute approximate surface area is 150 Å². The quantitative estimate of drug-likeness (QED) is 0.790. The zero-order valence-electron chi connectivity index (χ0n) is 14.6. The number of hydrogen-bond donors (Lipinski definition) is 2. The van der Waals surface area contributed by atoms with Gasteiger partial charge in [0.1, 0.15) is 0 Å². The van der Waals surface area contributed by atoms with Crippen molar-refractivity contribution < 1.29 is 4.79 Å². The molecule has 5 heteroatoms. The van der Waals surface area contributed by atoms with Gasteiger partial charge in [-0.25, -0.2) is 4.79 Å². The molecular formula is C19H31N3OS. The summed E-state index contributed by atoms with van der Waals surface area (Å²) in [7, 11) is 0. The summed E-state index contributed by atoms with van der Waals surface area (Å²) in [6.45, 7) is 4.20. The van der Waals surface area contributed by atoms with Gasteiger partial charge in [0.2, 0.25) is 0 Å². The molecule has 0 bridgehead atoms. The van der Waals surface area contributed by atoms with E-state index >= 15 is 0 Å². The second-order valence-corrected chi connectivity index (χ2v) is 8.37. The Kier molecular flexibility index (Phi) is 6.97. The van der Waals surface area contributed by atoms with Gasteiger partial charge in [-0.3, -0.25) is 4.90 Å². The van der Waals surface area contributed by atoms with Crippen LogP contribution in [0.15, 0.2) is 17.5 Å². The molecule has 1 aromatic rings. The fourth-order valence-corrected chi connectivity index (χ4v) is 4.61. The van der Waals surface area contributed by atoms with Gasteiger partial charge in [-0.2, -0.15) is 0 Å². The standard InChI is InChI=1S/C19H31N3OS/c23-19(21-17-6-3-1-2-4-7-17)20-14-16-9-11-22(12-10-16)15-18-8-5-13-24-18/h5,8,13,16-17H,1-4,6-7,9-12,14-15H2,(H2,20,21,23). The zero-order valence-corrected chi connectivity index (χ0v) is 15.5. The van der Waals surface area contributed by atoms with Crippen LogP contribution in [0.5, 0.6) is 0 Å². The molecule has 0 spiro atoms. The molecule has 2 aliphatic rings. The zero-order chi connectivity index (χ0) is 16.6. The molecule has 1 saturated heterocycles. The number of nitrogens with one attached hydrogen (secondary N) is 2. The maximum Gasteiger partial charge on any atom is 0.315 e. The molecule has 0 aromatic carbocycles. The van der Waals surface area contributed by atoms with Crippen LogP contribution in [0.2, 0.25) is 0 Å². The normalized spacial score (nSPS) is 21.3. The van der Waals surface area contributed by atoms with Gasteiger partial charge >= 0.3 is 6.03 Å². The van der Waals surface area contributed by atoms with Crippen molar-refractivity contribution in [3.63, 3.8) is 0 Å². The molecule has 1 aromatic heterocycles. The van der Waals surface area contributed by atoms with Crippen LogP contribution < -0.4 is 10.6 Å². The largest absolute Gasteiger partial charge is 0.338 e. The van der Waals surface area contributed by atoms with Gasteiger partial charge in [-0.1, -0.05) is 31.7 Å². The average molecular weight is 350 g/mol. The molecule has 3 rings (SSSR count). The van der Waals surface area contributed by atoms with E-state index in [2.05, 4.69) is 33.0 Å². The molecule has 0 radical (unpaired) electrons. The number of rotatable bonds is 5. The van der Waals surface area contributed by atoms with Crippen LogP contribution in [0.1, 0.15) is 56.2 Å². The predicted octanol–water partition coefficient (Wildman–Crippen LogP) is 3.98. The van der Waals surface area contributed by atoms with Gasteiger partial charge < -0.3 is 10.6 Å². The number of likely N-dealkylation sites (tertiary alicyclic amines) is 1. The Morgan fingerprint density at radius 1 is 1.12 bits per heavy atom. The lowest BCUT2D eigenvalue weighted by molar-refractivity contribution is 0.175. The van der Waals surface area contributed by atoms with E-state index in [0.717, 1.165) is 39.0 Å². The van der Waals surface area contributed by atoms with Gasteiger partial charge in [-0.05, 0) is 56.1 Å². The first-order valence-corrected chi connectivity index (χ1v) is 10.5. The highest BCUT2D eigenvalue weighted by molar-refractivity contribution is 7.09. The summed E-state index contributed by atoms with van der Waals surface area (Å²) < 4.78 is 0. The Balaban J connectivity index is 1.30. The van der Waals surface area contributed by atoms with Crippen molar-refractivity contribution in [3.8, 4) is 0 Å². The van der Waals surface area contributed by atoms with E-state index in [1.165, 1.54) is 43.4 Å². The number of amides is 2. The van der Waals surface area contributed by atoms with E-state index < -0.39 is 0 Å². The highest BCUT2D eigenvalue weighted by Gasteiger charge is 2.20. The average Bonchev–Trinajstić information content (AvgIpc) is 2.97. The van der Waals surface area contributed by atoms with Gasteiger partial charge in [0.05, 0.1) is 0 Å². The monoisotopic (exact) mass is 349 g/mol. The van der Waals surface area contributed by atoms with Gasteiger partial charge in [-0.15, -0.1) is 11.3 Å². The molecule has 1 saturated carbocycles. The number of thiophene rings is 1. The lowest BCUT2D eigenvalue weighted by Gasteiger charge is -2.31. The first-order valence-electron chi connectivity index (χ1n) is 9.58. The molecule has 2 heterocycles. The first-order chi connectivity index (χ1) is 11.8. The molecule has 2 amide bonds. The number of carbonyl (C=O) groups excluding carboxylic acids is 1. The fourth-order valence-electron chi connectivity index (χ4n) is 3.87. The summed E-state index contributed by atoms with van der Waals surface area (Å²) >= 11 is 1.84. The van der Waals surface area contributed by atoms with Crippen LogP contribution in [0, 0.1) is 5.92 Å². The van der Waals surface area contributed by atoms with Crippen LogP contribution in [0.3, 0.4) is 0 Å². The molecule has 2 fully saturated rings. The van der Waals surface area contributed by atoms with Crippen molar-refractivity contribution in [2.24, 2.45) is 5.92 Å². The second-order valence-electron chi connectivity index (χ2n) is 7.34. The van der Waals surface area contributed by atoms with Crippen molar-refractivity contribution >= 4 is 17.4 Å². The van der Waals surface area contributed by atoms with Gasteiger partial charge in [0, 0.05) is 24.0 Å². The third kappa shape index (κ3) is 5.78. The van der Waals surface area contributed by atoms with E-state index in [0.29, 0.717) is 12.0 Å². The Bertz CT molecular complexity index is 475. The molecule has 24 heavy (non-hydrogen) atoms. The molecule has 0 unspecified atom stereocenters. The Hall–Kier alpha value is -1.07. The highest BCUT2D eigenvalue weighted by Crippen LogP contribution is 2.20. The summed E-state index contributed by atoms with van der Waals surface area (Å²) in [6.07, 6.45) is 9.84.